The largest absolute Gasteiger partial charge is 0.310 e. The van der Waals surface area contributed by atoms with Crippen LogP contribution in [0.4, 0.5) is 34.1 Å². The first-order valence-corrected chi connectivity index (χ1v) is 39.3. The summed E-state index contributed by atoms with van der Waals surface area (Å²) in [6.45, 7) is 27.1. The molecule has 5 heterocycles. The van der Waals surface area contributed by atoms with E-state index in [0.29, 0.717) is 29.0 Å². The highest BCUT2D eigenvalue weighted by Crippen LogP contribution is 2.64. The summed E-state index contributed by atoms with van der Waals surface area (Å²) in [4.78, 5) is 4.70. The summed E-state index contributed by atoms with van der Waals surface area (Å²) < 4.78 is 129. The number of hydrogen-bond acceptors (Lipinski definition) is 2. The van der Waals surface area contributed by atoms with Crippen molar-refractivity contribution in [1.29, 1.82) is 0 Å². The van der Waals surface area contributed by atoms with E-state index in [1.54, 1.807) is 4.57 Å². The Kier molecular flexibility index (Phi) is 12.3. The van der Waals surface area contributed by atoms with E-state index in [4.69, 9.17) is 4.11 Å². The van der Waals surface area contributed by atoms with E-state index in [-0.39, 0.29) is 61.1 Å². The molecule has 5 nitrogen and oxygen atoms in total. The van der Waals surface area contributed by atoms with Crippen molar-refractivity contribution in [2.45, 2.75) is 117 Å². The average Bonchev–Trinajstić information content (AvgIpc) is 1.11. The van der Waals surface area contributed by atoms with Crippen molar-refractivity contribution in [3.63, 3.8) is 0 Å². The SMILES string of the molecule is [2H]c1c([2H])c([2H])c(-c2ccc3c(c2)N(c2cccc4c2Cc2c-4cccc2-n2c4ccc(C(C)(C)C)cc4c4cc(C(C)(C)C)ccc42)c2cc(-n4c5ccc(C(C)(C)C)cc5c5cc(C(C)(C)C)ccc54)cc4c2C3c2ccc(-n3c5c([2H])c([2H])c([2H])c([2H])c5c5c([2H])c([2H])c([2H])c([2H])c53)cc2N4c2cc(-c3ccccc3)cc(-c3ccccc3)c2)c([2H])c1[2H]. The first-order chi connectivity index (χ1) is 60.0. The zero-order chi connectivity index (χ0) is 88.2. The quantitative estimate of drug-likeness (QED) is 0.151. The predicted molar refractivity (Wildman–Crippen MR) is 479 cm³/mol. The minimum Gasteiger partial charge on any atom is -0.310 e. The van der Waals surface area contributed by atoms with E-state index in [1.165, 1.54) is 33.0 Å². The summed E-state index contributed by atoms with van der Waals surface area (Å²) in [7, 11) is 0. The molecule has 1 atom stereocenters. The third-order valence-electron chi connectivity index (χ3n) is 24.2. The van der Waals surface area contributed by atoms with E-state index in [9.17, 15) is 13.7 Å². The van der Waals surface area contributed by atoms with Gasteiger partial charge in [0.05, 0.1) is 90.7 Å². The maximum atomic E-state index is 9.89. The molecule has 18 aromatic rings. The molecular weight excluding hydrogens is 1370 g/mol. The Labute approximate surface area is 681 Å². The number of nitrogens with zero attached hydrogens (tertiary/aromatic N) is 5. The zero-order valence-electron chi connectivity index (χ0n) is 78.5. The molecule has 548 valence electrons. The Bertz CT molecular complexity index is 7530. The van der Waals surface area contributed by atoms with Crippen LogP contribution in [0.1, 0.15) is 157 Å². The fraction of sp³-hybridized carbons (Fsp3) is 0.167. The van der Waals surface area contributed by atoms with Crippen molar-refractivity contribution in [3.8, 4) is 61.6 Å². The Morgan fingerprint density at radius 1 is 0.265 bits per heavy atom. The zero-order valence-corrected chi connectivity index (χ0v) is 65.5. The molecule has 15 aromatic carbocycles. The minimum absolute atomic E-state index is 0.0220. The van der Waals surface area contributed by atoms with Gasteiger partial charge in [-0.1, -0.05) is 277 Å². The van der Waals surface area contributed by atoms with Crippen molar-refractivity contribution in [2.24, 2.45) is 0 Å². The van der Waals surface area contributed by atoms with Crippen molar-refractivity contribution in [3.05, 3.63) is 365 Å². The van der Waals surface area contributed by atoms with Crippen LogP contribution < -0.4 is 9.80 Å². The molecule has 1 aliphatic carbocycles. The maximum Gasteiger partial charge on any atom is 0.0645 e. The molecule has 0 amide bonds. The number of para-hydroxylation sites is 2. The van der Waals surface area contributed by atoms with Gasteiger partial charge in [-0.15, -0.1) is 0 Å². The molecule has 113 heavy (non-hydrogen) atoms. The smallest absolute Gasteiger partial charge is 0.0645 e. The molecule has 2 aliphatic heterocycles. The van der Waals surface area contributed by atoms with E-state index in [1.807, 2.05) is 66.7 Å². The van der Waals surface area contributed by atoms with Gasteiger partial charge in [-0.25, -0.2) is 0 Å². The number of anilines is 6. The van der Waals surface area contributed by atoms with Gasteiger partial charge in [0.2, 0.25) is 0 Å². The number of fused-ring (bicyclic) bond motifs is 16. The molecule has 0 saturated heterocycles. The summed E-state index contributed by atoms with van der Waals surface area (Å²) in [5.74, 6) is -0.696. The summed E-state index contributed by atoms with van der Waals surface area (Å²) in [6, 6.07) is 78.7. The molecular formula is C108H91N5. The van der Waals surface area contributed by atoms with Crippen molar-refractivity contribution < 1.29 is 17.8 Å². The fourth-order valence-electron chi connectivity index (χ4n) is 18.4. The summed E-state index contributed by atoms with van der Waals surface area (Å²) in [5, 5.41) is 4.40. The van der Waals surface area contributed by atoms with Crippen molar-refractivity contribution >= 4 is 99.5 Å². The van der Waals surface area contributed by atoms with Gasteiger partial charge < -0.3 is 23.5 Å². The van der Waals surface area contributed by atoms with Gasteiger partial charge in [0.25, 0.3) is 0 Å². The Morgan fingerprint density at radius 2 is 0.690 bits per heavy atom. The Morgan fingerprint density at radius 3 is 1.19 bits per heavy atom. The fourth-order valence-corrected chi connectivity index (χ4v) is 18.4. The van der Waals surface area contributed by atoms with Crippen LogP contribution in [0.25, 0.3) is 127 Å². The van der Waals surface area contributed by atoms with Crippen molar-refractivity contribution in [1.82, 2.24) is 13.7 Å². The molecule has 1 unspecified atom stereocenters. The van der Waals surface area contributed by atoms with Gasteiger partial charge >= 0.3 is 0 Å². The molecule has 0 saturated carbocycles. The van der Waals surface area contributed by atoms with E-state index >= 15 is 0 Å². The van der Waals surface area contributed by atoms with Gasteiger partial charge in [-0.05, 0) is 232 Å². The van der Waals surface area contributed by atoms with Crippen LogP contribution in [0.2, 0.25) is 0 Å². The lowest BCUT2D eigenvalue weighted by Gasteiger charge is -2.46. The molecule has 0 fully saturated rings. The van der Waals surface area contributed by atoms with Crippen LogP contribution in [0.15, 0.2) is 315 Å². The van der Waals surface area contributed by atoms with E-state index in [0.717, 1.165) is 128 Å². The molecule has 3 aliphatic rings. The molecule has 0 spiro atoms. The van der Waals surface area contributed by atoms with E-state index < -0.39 is 72.4 Å². The second-order valence-corrected chi connectivity index (χ2v) is 35.2. The molecule has 3 aromatic heterocycles. The number of benzene rings is 15. The molecule has 0 N–H and O–H groups in total. The van der Waals surface area contributed by atoms with Crippen LogP contribution in [0.5, 0.6) is 0 Å². The second-order valence-electron chi connectivity index (χ2n) is 35.2. The van der Waals surface area contributed by atoms with Crippen molar-refractivity contribution in [2.75, 3.05) is 9.80 Å². The van der Waals surface area contributed by atoms with Crippen LogP contribution in [-0.4, -0.2) is 13.7 Å². The topological polar surface area (TPSA) is 21.3 Å². The molecule has 0 radical (unpaired) electrons. The van der Waals surface area contributed by atoms with Crippen LogP contribution in [0, 0.1) is 0 Å². The van der Waals surface area contributed by atoms with Gasteiger partial charge in [-0.3, -0.25) is 0 Å². The lowest BCUT2D eigenvalue weighted by molar-refractivity contribution is 0.590. The average molecular weight is 1470 g/mol. The van der Waals surface area contributed by atoms with Gasteiger partial charge in [0, 0.05) is 61.6 Å². The molecule has 0 bridgehead atoms. The first kappa shape index (κ1) is 55.7. The molecule has 21 rings (SSSR count). The first-order valence-electron chi connectivity index (χ1n) is 45.8. The van der Waals surface area contributed by atoms with E-state index in [2.05, 4.69) is 272 Å². The minimum atomic E-state index is -0.696. The molecule has 5 heteroatoms. The van der Waals surface area contributed by atoms with Crippen LogP contribution >= 0.6 is 0 Å². The maximum absolute atomic E-state index is 9.89. The number of rotatable bonds is 8. The van der Waals surface area contributed by atoms with Crippen LogP contribution in [0.3, 0.4) is 0 Å². The highest BCUT2D eigenvalue weighted by molar-refractivity contribution is 6.13. The summed E-state index contributed by atoms with van der Waals surface area (Å²) in [6.07, 6.45) is 0.492. The number of hydrogen-bond donors (Lipinski definition) is 0. The van der Waals surface area contributed by atoms with Gasteiger partial charge in [0.15, 0.2) is 0 Å². The normalized spacial score (nSPS) is 15.6. The highest BCUT2D eigenvalue weighted by atomic mass is 15.2. The van der Waals surface area contributed by atoms with Crippen LogP contribution in [-0.2, 0) is 28.1 Å². The monoisotopic (exact) mass is 1470 g/mol. The third kappa shape index (κ3) is 10.8. The van der Waals surface area contributed by atoms with Gasteiger partial charge in [0.1, 0.15) is 0 Å². The Hall–Kier alpha value is -12.7. The standard InChI is InChI=1S/C108H91N5/c1-105(2,3)72-43-50-95-85(58-72)86-59-73(106(4,5)6)44-51-96(86)110(95)78-63-101-104-102(64-78)113(94-41-27-37-80-79-36-26-40-93(89(79)65-90(80)94)112-97-52-45-74(107(7,8)9)60-87(97)88-61-75(108(10,11)12)46-53-98(88)112)99-57-69(66-28-16-13-17-29-66)42-48-83(99)103(104)84-49-47-76(109-91-38-24-22-34-81(91)82-35-23-25-39-92(82)109)62-100(84)111(101)77-55-70(67-30-18-14-19-31-67)54-71(56-77)68-32-20-15-21-33-68/h13-64,103H,65H2,1-12H3/i13D,16D,17D,22D,23D,24D,25D,28D,29D,34D,35D,38D,39D. The number of aromatic nitrogens is 3. The summed E-state index contributed by atoms with van der Waals surface area (Å²) in [5.41, 5.74) is 25.8. The highest BCUT2D eigenvalue weighted by Gasteiger charge is 2.44. The Balaban J connectivity index is 0.916. The predicted octanol–water partition coefficient (Wildman–Crippen LogP) is 29.5. The second kappa shape index (κ2) is 24.9. The summed E-state index contributed by atoms with van der Waals surface area (Å²) >= 11 is 0. The van der Waals surface area contributed by atoms with Gasteiger partial charge in [-0.2, -0.15) is 0 Å². The lowest BCUT2D eigenvalue weighted by Crippen LogP contribution is -2.30. The third-order valence-corrected chi connectivity index (χ3v) is 24.2. The lowest BCUT2D eigenvalue weighted by atomic mass is 9.75.